The van der Waals surface area contributed by atoms with Gasteiger partial charge in [-0.15, -0.1) is 0 Å². The molecule has 338 valence electrons. The van der Waals surface area contributed by atoms with Crippen LogP contribution in [0.5, 0.6) is 0 Å². The number of hydrogen-bond acceptors (Lipinski definition) is 12. The molecule has 6 aliphatic heterocycles. The molecule has 64 heavy (non-hydrogen) atoms. The summed E-state index contributed by atoms with van der Waals surface area (Å²) >= 11 is 0. The number of hydrogen-bond donors (Lipinski definition) is 2. The van der Waals surface area contributed by atoms with Crippen LogP contribution >= 0.6 is 0 Å². The fourth-order valence-electron chi connectivity index (χ4n) is 10.4. The van der Waals surface area contributed by atoms with E-state index in [-0.39, 0.29) is 36.6 Å². The summed E-state index contributed by atoms with van der Waals surface area (Å²) < 4.78 is 40.5. The third kappa shape index (κ3) is 9.37. The van der Waals surface area contributed by atoms with E-state index in [2.05, 4.69) is 35.2 Å². The molecule has 2 N–H and O–H groups in total. The molecule has 8 heterocycles. The Hall–Kier alpha value is -5.80. The monoisotopic (exact) mass is 881 g/mol. The third-order valence-corrected chi connectivity index (χ3v) is 14.2. The highest BCUT2D eigenvalue weighted by Crippen LogP contribution is 2.36. The maximum absolute atomic E-state index is 13.5. The first-order chi connectivity index (χ1) is 30.9. The van der Waals surface area contributed by atoms with E-state index in [0.717, 1.165) is 102 Å². The van der Waals surface area contributed by atoms with Crippen molar-refractivity contribution in [1.29, 1.82) is 5.26 Å². The lowest BCUT2D eigenvalue weighted by Gasteiger charge is -2.44. The lowest BCUT2D eigenvalue weighted by Crippen LogP contribution is -2.54. The average Bonchev–Trinajstić information content (AvgIpc) is 3.64. The van der Waals surface area contributed by atoms with Crippen molar-refractivity contribution in [2.75, 3.05) is 92.0 Å². The number of halogens is 3. The minimum absolute atomic E-state index is 0.143. The number of nitrogens with one attached hydrogen (secondary N) is 2. The first kappa shape index (κ1) is 43.5. The number of anilines is 4. The summed E-state index contributed by atoms with van der Waals surface area (Å²) in [4.78, 5) is 73.1. The molecule has 0 saturated carbocycles. The maximum Gasteiger partial charge on any atom is 0.417 e. The fraction of sp³-hybridized carbons (Fsp3) is 0.543. The van der Waals surface area contributed by atoms with Crippen LogP contribution in [0.4, 0.5) is 36.2 Å². The Morgan fingerprint density at radius 3 is 2.17 bits per heavy atom. The van der Waals surface area contributed by atoms with E-state index in [1.54, 1.807) is 11.0 Å². The third-order valence-electron chi connectivity index (χ3n) is 14.2. The van der Waals surface area contributed by atoms with Crippen LogP contribution in [0.3, 0.4) is 0 Å². The Morgan fingerprint density at radius 2 is 1.50 bits per heavy atom. The van der Waals surface area contributed by atoms with Gasteiger partial charge in [0.2, 0.25) is 17.7 Å². The Labute approximate surface area is 370 Å². The van der Waals surface area contributed by atoms with Gasteiger partial charge in [0.25, 0.3) is 5.91 Å². The molecule has 6 aliphatic rings. The number of benzene rings is 1. The van der Waals surface area contributed by atoms with Crippen LogP contribution in [0.2, 0.25) is 0 Å². The van der Waals surface area contributed by atoms with Gasteiger partial charge < -0.3 is 29.8 Å². The van der Waals surface area contributed by atoms with Gasteiger partial charge >= 0.3 is 6.18 Å². The molecule has 0 spiro atoms. The molecule has 2 aromatic heterocycles. The van der Waals surface area contributed by atoms with E-state index < -0.39 is 29.3 Å². The number of nitrogens with zero attached hydrogens (tertiary/aromatic N) is 9. The molecule has 3 aromatic rings. The second kappa shape index (κ2) is 18.4. The number of imide groups is 1. The van der Waals surface area contributed by atoms with Crippen molar-refractivity contribution in [3.8, 4) is 6.07 Å². The molecule has 15 nitrogen and oxygen atoms in total. The number of amides is 4. The molecule has 1 atom stereocenters. The number of carbonyl (C=O) groups is 4. The lowest BCUT2D eigenvalue weighted by molar-refractivity contribution is -0.138. The predicted octanol–water partition coefficient (Wildman–Crippen LogP) is 4.49. The van der Waals surface area contributed by atoms with E-state index >= 15 is 0 Å². The minimum atomic E-state index is -4.62. The van der Waals surface area contributed by atoms with Gasteiger partial charge in [-0.3, -0.25) is 29.4 Å². The molecule has 1 unspecified atom stereocenters. The smallest absolute Gasteiger partial charge is 0.371 e. The van der Waals surface area contributed by atoms with Crippen LogP contribution in [-0.4, -0.2) is 132 Å². The molecular formula is C46H54F3N11O4. The van der Waals surface area contributed by atoms with Gasteiger partial charge in [-0.2, -0.15) is 18.4 Å². The SMILES string of the molecule is N#Cc1ccc(N2CCC(C(=O)Nc3ccc(N4CCC(CN5CCN(C6CCN(c7ccc8c(n7)CN(C7CCC(=O)NC7=O)C8=O)CC6)CC5)CC4)cn3)CC2)cc1C(F)(F)F. The van der Waals surface area contributed by atoms with Crippen LogP contribution in [0, 0.1) is 23.2 Å². The van der Waals surface area contributed by atoms with Crippen LogP contribution in [0.25, 0.3) is 0 Å². The normalized spacial score (nSPS) is 22.4. The van der Waals surface area contributed by atoms with Crippen LogP contribution < -0.4 is 25.3 Å². The van der Waals surface area contributed by atoms with E-state index in [9.17, 15) is 32.3 Å². The van der Waals surface area contributed by atoms with Gasteiger partial charge in [0, 0.05) is 96.1 Å². The van der Waals surface area contributed by atoms with Crippen LogP contribution in [-0.2, 0) is 27.1 Å². The number of fused-ring (bicyclic) bond motifs is 1. The van der Waals surface area contributed by atoms with E-state index in [4.69, 9.17) is 10.2 Å². The zero-order chi connectivity index (χ0) is 44.5. The number of aromatic nitrogens is 2. The largest absolute Gasteiger partial charge is 0.417 e. The summed E-state index contributed by atoms with van der Waals surface area (Å²) in [5.41, 5.74) is 1.31. The van der Waals surface area contributed by atoms with Crippen molar-refractivity contribution in [2.24, 2.45) is 11.8 Å². The van der Waals surface area contributed by atoms with Crippen molar-refractivity contribution >= 4 is 46.6 Å². The first-order valence-electron chi connectivity index (χ1n) is 22.6. The molecule has 0 bridgehead atoms. The number of carbonyl (C=O) groups excluding carboxylic acids is 4. The lowest BCUT2D eigenvalue weighted by atomic mass is 9.95. The van der Waals surface area contributed by atoms with Gasteiger partial charge in [-0.25, -0.2) is 9.97 Å². The Balaban J connectivity index is 0.668. The zero-order valence-electron chi connectivity index (χ0n) is 35.9. The Morgan fingerprint density at radius 1 is 0.812 bits per heavy atom. The first-order valence-corrected chi connectivity index (χ1v) is 22.6. The van der Waals surface area contributed by atoms with E-state index in [1.807, 2.05) is 35.4 Å². The number of piperidine rings is 4. The van der Waals surface area contributed by atoms with Crippen molar-refractivity contribution in [2.45, 2.75) is 76.2 Å². The maximum atomic E-state index is 13.5. The van der Waals surface area contributed by atoms with Gasteiger partial charge in [-0.1, -0.05) is 0 Å². The van der Waals surface area contributed by atoms with Crippen LogP contribution in [0.1, 0.15) is 78.5 Å². The molecule has 0 aliphatic carbocycles. The zero-order valence-corrected chi connectivity index (χ0v) is 35.9. The highest BCUT2D eigenvalue weighted by atomic mass is 19.4. The summed E-state index contributed by atoms with van der Waals surface area (Å²) in [7, 11) is 0. The number of pyridine rings is 2. The topological polar surface area (TPSA) is 161 Å². The summed E-state index contributed by atoms with van der Waals surface area (Å²) in [6.07, 6.45) is 3.08. The van der Waals surface area contributed by atoms with Crippen molar-refractivity contribution in [1.82, 2.24) is 30.0 Å². The fourth-order valence-corrected chi connectivity index (χ4v) is 10.4. The molecule has 5 saturated heterocycles. The number of rotatable bonds is 9. The Kier molecular flexibility index (Phi) is 12.5. The molecule has 4 amide bonds. The number of nitriles is 1. The Bertz CT molecular complexity index is 2270. The summed E-state index contributed by atoms with van der Waals surface area (Å²) in [6.45, 7) is 10.2. The molecule has 18 heteroatoms. The average molecular weight is 882 g/mol. The van der Waals surface area contributed by atoms with E-state index in [0.29, 0.717) is 67.1 Å². The molecule has 1 aromatic carbocycles. The number of alkyl halides is 3. The van der Waals surface area contributed by atoms with Gasteiger partial charge in [0.1, 0.15) is 17.7 Å². The highest BCUT2D eigenvalue weighted by Gasteiger charge is 2.41. The minimum Gasteiger partial charge on any atom is -0.371 e. The molecule has 0 radical (unpaired) electrons. The van der Waals surface area contributed by atoms with Crippen molar-refractivity contribution < 1.29 is 32.3 Å². The summed E-state index contributed by atoms with van der Waals surface area (Å²) in [5.74, 6) is 0.655. The molecular weight excluding hydrogens is 828 g/mol. The van der Waals surface area contributed by atoms with Gasteiger partial charge in [0.05, 0.1) is 46.9 Å². The second-order valence-corrected chi connectivity index (χ2v) is 18.0. The van der Waals surface area contributed by atoms with Gasteiger partial charge in [0.15, 0.2) is 0 Å². The molecule has 9 rings (SSSR count). The highest BCUT2D eigenvalue weighted by molar-refractivity contribution is 6.05. The summed E-state index contributed by atoms with van der Waals surface area (Å²) in [6, 6.07) is 12.9. The predicted molar refractivity (Wildman–Crippen MR) is 232 cm³/mol. The van der Waals surface area contributed by atoms with Crippen molar-refractivity contribution in [3.05, 3.63) is 71.0 Å². The van der Waals surface area contributed by atoms with E-state index in [1.165, 1.54) is 12.1 Å². The quantitative estimate of drug-likeness (QED) is 0.291. The summed E-state index contributed by atoms with van der Waals surface area (Å²) in [5, 5.41) is 14.4. The molecule has 5 fully saturated rings. The van der Waals surface area contributed by atoms with Gasteiger partial charge in [-0.05, 0) is 93.3 Å². The standard InChI is InChI=1S/C46H54F3N11O4/c47-46(48,49)37-25-34(2-1-32(37)26-50)56-17-11-31(12-18-56)43(62)53-40-6-3-35(27-51-40)57-15-9-30(10-16-57)28-55-21-23-58(24-22-55)33-13-19-59(20-14-33)41-7-4-36-38(52-41)29-60(45(36)64)39-5-8-42(61)54-44(39)63/h1-4,6-7,25,27,30-31,33,39H,5,8-24,28-29H2,(H,51,53,62)(H,54,61,63). The second-order valence-electron chi connectivity index (χ2n) is 18.0. The van der Waals surface area contributed by atoms with Crippen molar-refractivity contribution in [3.63, 3.8) is 0 Å². The van der Waals surface area contributed by atoms with Crippen LogP contribution in [0.15, 0.2) is 48.7 Å². The number of piperazine rings is 1.